The molecule has 6 heteroatoms. The Morgan fingerprint density at radius 2 is 2.44 bits per heavy atom. The first-order valence-electron chi connectivity index (χ1n) is 6.01. The Bertz CT molecular complexity index is 383. The number of halogens is 2. The Morgan fingerprint density at radius 3 is 3.11 bits per heavy atom. The third-order valence-corrected chi connectivity index (χ3v) is 3.86. The lowest BCUT2D eigenvalue weighted by Crippen LogP contribution is -2.48. The van der Waals surface area contributed by atoms with Crippen LogP contribution >= 0.6 is 11.3 Å². The summed E-state index contributed by atoms with van der Waals surface area (Å²) in [6.07, 6.45) is -0.632. The van der Waals surface area contributed by atoms with Gasteiger partial charge in [-0.3, -0.25) is 4.79 Å². The summed E-state index contributed by atoms with van der Waals surface area (Å²) in [5.74, 6) is 0.00791. The zero-order chi connectivity index (χ0) is 13.0. The molecule has 1 amide bonds. The van der Waals surface area contributed by atoms with Crippen LogP contribution in [0.25, 0.3) is 0 Å². The number of hydrogen-bond donors (Lipinski definition) is 1. The van der Waals surface area contributed by atoms with E-state index in [4.69, 9.17) is 0 Å². The molecule has 1 aliphatic heterocycles. The van der Waals surface area contributed by atoms with Gasteiger partial charge in [0.15, 0.2) is 0 Å². The van der Waals surface area contributed by atoms with Gasteiger partial charge in [-0.15, -0.1) is 11.3 Å². The van der Waals surface area contributed by atoms with Crippen molar-refractivity contribution in [2.45, 2.75) is 25.3 Å². The third kappa shape index (κ3) is 3.49. The molecule has 1 aromatic heterocycles. The standard InChI is InChI=1S/C12H16F2N2OS/c13-11(14)7-15-9-3-1-5-16(8-9)12(17)10-4-2-6-18-10/h2,4,6,9,11,15H,1,3,5,7-8H2. The first-order chi connectivity index (χ1) is 8.66. The number of thiophene rings is 1. The molecule has 0 bridgehead atoms. The van der Waals surface area contributed by atoms with Crippen LogP contribution in [0.3, 0.4) is 0 Å². The van der Waals surface area contributed by atoms with Crippen molar-refractivity contribution in [2.75, 3.05) is 19.6 Å². The molecule has 1 saturated heterocycles. The van der Waals surface area contributed by atoms with Crippen molar-refractivity contribution >= 4 is 17.2 Å². The SMILES string of the molecule is O=C(c1cccs1)N1CCCC(NCC(F)F)C1. The first-order valence-corrected chi connectivity index (χ1v) is 6.89. The molecule has 2 rings (SSSR count). The van der Waals surface area contributed by atoms with Crippen LogP contribution in [0, 0.1) is 0 Å². The number of amides is 1. The van der Waals surface area contributed by atoms with Crippen molar-refractivity contribution in [2.24, 2.45) is 0 Å². The number of hydrogen-bond acceptors (Lipinski definition) is 3. The van der Waals surface area contributed by atoms with E-state index in [9.17, 15) is 13.6 Å². The van der Waals surface area contributed by atoms with Gasteiger partial charge in [0.25, 0.3) is 12.3 Å². The zero-order valence-corrected chi connectivity index (χ0v) is 10.8. The molecular weight excluding hydrogens is 258 g/mol. The number of piperidine rings is 1. The van der Waals surface area contributed by atoms with E-state index >= 15 is 0 Å². The number of nitrogens with zero attached hydrogens (tertiary/aromatic N) is 1. The lowest BCUT2D eigenvalue weighted by molar-refractivity contribution is 0.0686. The second kappa shape index (κ2) is 6.24. The molecule has 0 spiro atoms. The van der Waals surface area contributed by atoms with E-state index in [-0.39, 0.29) is 18.5 Å². The quantitative estimate of drug-likeness (QED) is 0.913. The van der Waals surface area contributed by atoms with Gasteiger partial charge in [0.1, 0.15) is 0 Å². The molecule has 3 nitrogen and oxygen atoms in total. The Balaban J connectivity index is 1.88. The van der Waals surface area contributed by atoms with E-state index in [1.54, 1.807) is 11.0 Å². The summed E-state index contributed by atoms with van der Waals surface area (Å²) in [4.78, 5) is 14.6. The van der Waals surface area contributed by atoms with Gasteiger partial charge in [0.05, 0.1) is 11.4 Å². The Kier molecular flexibility index (Phi) is 4.66. The minimum absolute atomic E-state index is 0.00791. The fourth-order valence-corrected chi connectivity index (χ4v) is 2.83. The van der Waals surface area contributed by atoms with E-state index < -0.39 is 6.43 Å². The predicted molar refractivity (Wildman–Crippen MR) is 67.3 cm³/mol. The lowest BCUT2D eigenvalue weighted by atomic mass is 10.1. The topological polar surface area (TPSA) is 32.3 Å². The van der Waals surface area contributed by atoms with Gasteiger partial charge in [-0.25, -0.2) is 8.78 Å². The fourth-order valence-electron chi connectivity index (χ4n) is 2.14. The molecule has 0 saturated carbocycles. The van der Waals surface area contributed by atoms with Gasteiger partial charge < -0.3 is 10.2 Å². The van der Waals surface area contributed by atoms with E-state index in [0.717, 1.165) is 12.8 Å². The molecule has 100 valence electrons. The van der Waals surface area contributed by atoms with Gasteiger partial charge in [-0.2, -0.15) is 0 Å². The van der Waals surface area contributed by atoms with Crippen LogP contribution in [0.2, 0.25) is 0 Å². The highest BCUT2D eigenvalue weighted by molar-refractivity contribution is 7.12. The maximum absolute atomic E-state index is 12.1. The number of likely N-dealkylation sites (tertiary alicyclic amines) is 1. The van der Waals surface area contributed by atoms with E-state index in [2.05, 4.69) is 5.32 Å². The Hall–Kier alpha value is -1.01. The third-order valence-electron chi connectivity index (χ3n) is 3.00. The fraction of sp³-hybridized carbons (Fsp3) is 0.583. The molecule has 0 radical (unpaired) electrons. The summed E-state index contributed by atoms with van der Waals surface area (Å²) >= 11 is 1.41. The average molecular weight is 274 g/mol. The van der Waals surface area contributed by atoms with Crippen LogP contribution in [0.1, 0.15) is 22.5 Å². The minimum Gasteiger partial charge on any atom is -0.336 e. The Morgan fingerprint density at radius 1 is 1.61 bits per heavy atom. The van der Waals surface area contributed by atoms with E-state index in [0.29, 0.717) is 18.0 Å². The highest BCUT2D eigenvalue weighted by Gasteiger charge is 2.25. The van der Waals surface area contributed by atoms with Crippen molar-refractivity contribution in [1.29, 1.82) is 0 Å². The van der Waals surface area contributed by atoms with Gasteiger partial charge >= 0.3 is 0 Å². The molecule has 1 aromatic rings. The van der Waals surface area contributed by atoms with Crippen molar-refractivity contribution in [3.63, 3.8) is 0 Å². The van der Waals surface area contributed by atoms with Crippen LogP contribution in [-0.2, 0) is 0 Å². The monoisotopic (exact) mass is 274 g/mol. The summed E-state index contributed by atoms with van der Waals surface area (Å²) < 4.78 is 24.3. The average Bonchev–Trinajstić information content (AvgIpc) is 2.89. The molecule has 0 aliphatic carbocycles. The largest absolute Gasteiger partial charge is 0.336 e. The maximum atomic E-state index is 12.1. The first kappa shape index (κ1) is 13.4. The summed E-state index contributed by atoms with van der Waals surface area (Å²) in [5, 5.41) is 4.68. The molecule has 1 unspecified atom stereocenters. The van der Waals surface area contributed by atoms with Crippen molar-refractivity contribution in [1.82, 2.24) is 10.2 Å². The van der Waals surface area contributed by atoms with Crippen LogP contribution in [0.15, 0.2) is 17.5 Å². The zero-order valence-electron chi connectivity index (χ0n) is 9.94. The maximum Gasteiger partial charge on any atom is 0.263 e. The van der Waals surface area contributed by atoms with E-state index in [1.165, 1.54) is 11.3 Å². The molecule has 1 fully saturated rings. The van der Waals surface area contributed by atoms with Gasteiger partial charge in [-0.1, -0.05) is 6.07 Å². The lowest BCUT2D eigenvalue weighted by Gasteiger charge is -2.33. The number of nitrogens with one attached hydrogen (secondary N) is 1. The van der Waals surface area contributed by atoms with Crippen LogP contribution in [0.5, 0.6) is 0 Å². The normalized spacial score (nSPS) is 20.4. The van der Waals surface area contributed by atoms with E-state index in [1.807, 2.05) is 11.4 Å². The molecule has 1 aliphatic rings. The van der Waals surface area contributed by atoms with Crippen molar-refractivity contribution in [3.8, 4) is 0 Å². The highest BCUT2D eigenvalue weighted by atomic mass is 32.1. The second-order valence-electron chi connectivity index (χ2n) is 4.37. The number of carbonyl (C=O) groups excluding carboxylic acids is 1. The van der Waals surface area contributed by atoms with Crippen LogP contribution in [0.4, 0.5) is 8.78 Å². The number of rotatable bonds is 4. The second-order valence-corrected chi connectivity index (χ2v) is 5.31. The molecule has 1 atom stereocenters. The predicted octanol–water partition coefficient (Wildman–Crippen LogP) is 2.21. The summed E-state index contributed by atoms with van der Waals surface area (Å²) in [5.41, 5.74) is 0. The number of carbonyl (C=O) groups is 1. The Labute approximate surface area is 109 Å². The highest BCUT2D eigenvalue weighted by Crippen LogP contribution is 2.17. The summed E-state index contributed by atoms with van der Waals surface area (Å²) in [6.45, 7) is 0.929. The molecular formula is C12H16F2N2OS. The molecule has 0 aromatic carbocycles. The van der Waals surface area contributed by atoms with Crippen molar-refractivity contribution in [3.05, 3.63) is 22.4 Å². The molecule has 18 heavy (non-hydrogen) atoms. The molecule has 2 heterocycles. The summed E-state index contributed by atoms with van der Waals surface area (Å²) in [7, 11) is 0. The van der Waals surface area contributed by atoms with Gasteiger partial charge in [0, 0.05) is 19.1 Å². The van der Waals surface area contributed by atoms with Crippen molar-refractivity contribution < 1.29 is 13.6 Å². The van der Waals surface area contributed by atoms with Gasteiger partial charge in [0.2, 0.25) is 0 Å². The molecule has 1 N–H and O–H groups in total. The number of alkyl halides is 2. The van der Waals surface area contributed by atoms with Crippen LogP contribution in [-0.4, -0.2) is 42.9 Å². The smallest absolute Gasteiger partial charge is 0.263 e. The summed E-state index contributed by atoms with van der Waals surface area (Å²) in [6, 6.07) is 3.62. The van der Waals surface area contributed by atoms with Gasteiger partial charge in [-0.05, 0) is 24.3 Å². The minimum atomic E-state index is -2.34. The van der Waals surface area contributed by atoms with Crippen LogP contribution < -0.4 is 5.32 Å².